The first-order valence-corrected chi connectivity index (χ1v) is 9.45. The average molecular weight is 427 g/mol. The van der Waals surface area contributed by atoms with E-state index in [-0.39, 0.29) is 19.5 Å². The van der Waals surface area contributed by atoms with Crippen molar-refractivity contribution in [3.8, 4) is 5.75 Å². The molecule has 3 amide bonds. The van der Waals surface area contributed by atoms with E-state index in [1.54, 1.807) is 48.5 Å². The zero-order chi connectivity index (χ0) is 22.6. The number of nitrogens with two attached hydrogens (primary N) is 1. The van der Waals surface area contributed by atoms with E-state index in [0.717, 1.165) is 5.56 Å². The van der Waals surface area contributed by atoms with Crippen LogP contribution in [0.1, 0.15) is 23.5 Å². The first kappa shape index (κ1) is 23.2. The van der Waals surface area contributed by atoms with Crippen molar-refractivity contribution < 1.29 is 24.2 Å². The predicted molar refractivity (Wildman–Crippen MR) is 116 cm³/mol. The maximum absolute atomic E-state index is 12.7. The molecule has 0 spiro atoms. The quantitative estimate of drug-likeness (QED) is 0.220. The molecule has 0 aliphatic carbocycles. The van der Waals surface area contributed by atoms with Crippen LogP contribution in [0.3, 0.4) is 0 Å². The van der Waals surface area contributed by atoms with Gasteiger partial charge in [0, 0.05) is 24.3 Å². The molecule has 0 fully saturated rings. The molecule has 0 aliphatic heterocycles. The lowest BCUT2D eigenvalue weighted by Gasteiger charge is -2.20. The van der Waals surface area contributed by atoms with E-state index in [4.69, 9.17) is 15.7 Å². The van der Waals surface area contributed by atoms with E-state index in [1.165, 1.54) is 13.3 Å². The lowest BCUT2D eigenvalue weighted by Crippen LogP contribution is -2.39. The summed E-state index contributed by atoms with van der Waals surface area (Å²) < 4.78 is 5.33. The van der Waals surface area contributed by atoms with Crippen LogP contribution in [0.5, 0.6) is 5.75 Å². The number of carbonyl (C=O) groups excluding carboxylic acids is 2. The van der Waals surface area contributed by atoms with Gasteiger partial charge in [-0.05, 0) is 23.8 Å². The Bertz CT molecular complexity index is 930. The number of amides is 3. The smallest absolute Gasteiger partial charge is 0.319 e. The molecule has 10 heteroatoms. The Labute approximate surface area is 179 Å². The van der Waals surface area contributed by atoms with Gasteiger partial charge in [-0.3, -0.25) is 9.59 Å². The zero-order valence-corrected chi connectivity index (χ0v) is 17.0. The number of methoxy groups -OCH3 is 1. The molecule has 31 heavy (non-hydrogen) atoms. The zero-order valence-electron chi connectivity index (χ0n) is 17.0. The molecular weight excluding hydrogens is 402 g/mol. The van der Waals surface area contributed by atoms with Gasteiger partial charge < -0.3 is 31.6 Å². The fourth-order valence-electron chi connectivity index (χ4n) is 2.82. The normalized spacial score (nSPS) is 11.5. The highest BCUT2D eigenvalue weighted by Gasteiger charge is 2.24. The van der Waals surface area contributed by atoms with Crippen molar-refractivity contribution in [2.24, 2.45) is 10.9 Å². The van der Waals surface area contributed by atoms with Crippen molar-refractivity contribution in [2.75, 3.05) is 25.5 Å². The SMILES string of the molecule is COc1ccccc1C(CNC(=O)Nc1ccc(C=NN)cc1)C(=O)NCCC(=O)O. The number of nitrogens with zero attached hydrogens (tertiary/aromatic N) is 1. The van der Waals surface area contributed by atoms with Gasteiger partial charge >= 0.3 is 12.0 Å². The number of anilines is 1. The van der Waals surface area contributed by atoms with Gasteiger partial charge in [-0.1, -0.05) is 30.3 Å². The number of carboxylic acid groups (broad SMARTS) is 1. The summed E-state index contributed by atoms with van der Waals surface area (Å²) in [5.74, 6) is 3.37. The van der Waals surface area contributed by atoms with Gasteiger partial charge in [0.2, 0.25) is 5.91 Å². The fraction of sp³-hybridized carbons (Fsp3) is 0.238. The van der Waals surface area contributed by atoms with Gasteiger partial charge in [-0.2, -0.15) is 5.10 Å². The average Bonchev–Trinajstić information content (AvgIpc) is 2.75. The molecular formula is C21H25N5O5. The number of ether oxygens (including phenoxy) is 1. The molecule has 1 unspecified atom stereocenters. The second-order valence-electron chi connectivity index (χ2n) is 6.46. The van der Waals surface area contributed by atoms with Crippen molar-refractivity contribution in [2.45, 2.75) is 12.3 Å². The number of rotatable bonds is 10. The summed E-state index contributed by atoms with van der Waals surface area (Å²) in [5, 5.41) is 20.1. The molecule has 1 atom stereocenters. The molecule has 0 radical (unpaired) electrons. The minimum absolute atomic E-state index is 0.0233. The standard InChI is InChI=1S/C21H25N5O5/c1-31-18-5-3-2-4-16(18)17(20(29)23-11-10-19(27)28)13-24-21(30)26-15-8-6-14(7-9-15)12-25-22/h2-9,12,17H,10-11,13,22H2,1H3,(H,23,29)(H,27,28)(H2,24,26,30). The summed E-state index contributed by atoms with van der Waals surface area (Å²) in [7, 11) is 1.48. The lowest BCUT2D eigenvalue weighted by molar-refractivity contribution is -0.136. The van der Waals surface area contributed by atoms with Gasteiger partial charge in [0.25, 0.3) is 0 Å². The fourth-order valence-corrected chi connectivity index (χ4v) is 2.82. The number of para-hydroxylation sites is 1. The van der Waals surface area contributed by atoms with Crippen LogP contribution in [-0.2, 0) is 9.59 Å². The lowest BCUT2D eigenvalue weighted by atomic mass is 9.97. The summed E-state index contributed by atoms with van der Waals surface area (Å²) in [6, 6.07) is 13.3. The molecule has 6 N–H and O–H groups in total. The Hall–Kier alpha value is -4.08. The van der Waals surface area contributed by atoms with Gasteiger partial charge in [0.05, 0.1) is 25.7 Å². The van der Waals surface area contributed by atoms with Gasteiger partial charge in [-0.25, -0.2) is 4.79 Å². The van der Waals surface area contributed by atoms with Crippen LogP contribution >= 0.6 is 0 Å². The molecule has 0 aromatic heterocycles. The number of benzene rings is 2. The third-order valence-corrected chi connectivity index (χ3v) is 4.33. The Kier molecular flexibility index (Phi) is 8.84. The second-order valence-corrected chi connectivity index (χ2v) is 6.46. The third kappa shape index (κ3) is 7.35. The van der Waals surface area contributed by atoms with Crippen molar-refractivity contribution in [3.05, 3.63) is 59.7 Å². The number of hydrogen-bond acceptors (Lipinski definition) is 6. The molecule has 2 aromatic rings. The number of urea groups is 1. The molecule has 2 rings (SSSR count). The van der Waals surface area contributed by atoms with Crippen LogP contribution in [-0.4, -0.2) is 49.4 Å². The highest BCUT2D eigenvalue weighted by atomic mass is 16.5. The maximum atomic E-state index is 12.7. The number of nitrogens with one attached hydrogen (secondary N) is 3. The summed E-state index contributed by atoms with van der Waals surface area (Å²) in [5.41, 5.74) is 1.90. The van der Waals surface area contributed by atoms with Crippen LogP contribution in [0.15, 0.2) is 53.6 Å². The van der Waals surface area contributed by atoms with Crippen molar-refractivity contribution >= 4 is 29.8 Å². The van der Waals surface area contributed by atoms with E-state index in [1.807, 2.05) is 0 Å². The molecule has 2 aromatic carbocycles. The highest BCUT2D eigenvalue weighted by molar-refractivity contribution is 5.91. The van der Waals surface area contributed by atoms with Crippen LogP contribution < -0.4 is 26.5 Å². The second kappa shape index (κ2) is 11.8. The highest BCUT2D eigenvalue weighted by Crippen LogP contribution is 2.26. The van der Waals surface area contributed by atoms with Crippen molar-refractivity contribution in [1.82, 2.24) is 10.6 Å². The number of aliphatic carboxylic acids is 1. The number of hydrogen-bond donors (Lipinski definition) is 5. The van der Waals surface area contributed by atoms with E-state index in [0.29, 0.717) is 17.0 Å². The van der Waals surface area contributed by atoms with Crippen molar-refractivity contribution in [1.29, 1.82) is 0 Å². The van der Waals surface area contributed by atoms with Gasteiger partial charge in [0.15, 0.2) is 0 Å². The van der Waals surface area contributed by atoms with E-state index in [9.17, 15) is 14.4 Å². The number of carbonyl (C=O) groups is 3. The largest absolute Gasteiger partial charge is 0.496 e. The van der Waals surface area contributed by atoms with E-state index < -0.39 is 23.8 Å². The molecule has 0 bridgehead atoms. The third-order valence-electron chi connectivity index (χ3n) is 4.33. The first-order chi connectivity index (χ1) is 14.9. The number of hydrazone groups is 1. The van der Waals surface area contributed by atoms with Gasteiger partial charge in [0.1, 0.15) is 5.75 Å². The van der Waals surface area contributed by atoms with Crippen LogP contribution in [0, 0.1) is 0 Å². The topological polar surface area (TPSA) is 155 Å². The van der Waals surface area contributed by atoms with Crippen LogP contribution in [0.2, 0.25) is 0 Å². The Morgan fingerprint density at radius 3 is 2.48 bits per heavy atom. The molecule has 0 aliphatic rings. The molecule has 164 valence electrons. The summed E-state index contributed by atoms with van der Waals surface area (Å²) in [6.45, 7) is -0.0481. The minimum atomic E-state index is -1.02. The van der Waals surface area contributed by atoms with Crippen molar-refractivity contribution in [3.63, 3.8) is 0 Å². The van der Waals surface area contributed by atoms with E-state index in [2.05, 4.69) is 21.1 Å². The molecule has 10 nitrogen and oxygen atoms in total. The summed E-state index contributed by atoms with van der Waals surface area (Å²) >= 11 is 0. The Morgan fingerprint density at radius 1 is 1.13 bits per heavy atom. The number of carboxylic acids is 1. The predicted octanol–water partition coefficient (Wildman–Crippen LogP) is 1.48. The Balaban J connectivity index is 2.06. The minimum Gasteiger partial charge on any atom is -0.496 e. The first-order valence-electron chi connectivity index (χ1n) is 9.45. The van der Waals surface area contributed by atoms with Crippen LogP contribution in [0.25, 0.3) is 0 Å². The molecule has 0 heterocycles. The summed E-state index contributed by atoms with van der Waals surface area (Å²) in [4.78, 5) is 35.8. The maximum Gasteiger partial charge on any atom is 0.319 e. The van der Waals surface area contributed by atoms with Gasteiger partial charge in [-0.15, -0.1) is 0 Å². The monoisotopic (exact) mass is 427 g/mol. The van der Waals surface area contributed by atoms with E-state index >= 15 is 0 Å². The van der Waals surface area contributed by atoms with Crippen LogP contribution in [0.4, 0.5) is 10.5 Å². The Morgan fingerprint density at radius 2 is 1.84 bits per heavy atom. The molecule has 0 saturated carbocycles. The summed E-state index contributed by atoms with van der Waals surface area (Å²) in [6.07, 6.45) is 1.27. The molecule has 0 saturated heterocycles.